The summed E-state index contributed by atoms with van der Waals surface area (Å²) in [4.78, 5) is 2.56. The third-order valence-electron chi connectivity index (χ3n) is 4.08. The minimum Gasteiger partial charge on any atom is -0.296 e. The third kappa shape index (κ3) is 1.12. The summed E-state index contributed by atoms with van der Waals surface area (Å²) in [6, 6.07) is 10.8. The van der Waals surface area contributed by atoms with Crippen molar-refractivity contribution in [2.75, 3.05) is 7.05 Å². The van der Waals surface area contributed by atoms with E-state index in [1.165, 1.54) is 24.8 Å². The standard InChI is InChI=1S/C13H17N/c1-14(13-7-12(8-13)9-13)10-11-5-3-2-4-6-11/h2-6,12H,7-10H2,1H3. The molecule has 1 aromatic carbocycles. The largest absolute Gasteiger partial charge is 0.296 e. The van der Waals surface area contributed by atoms with Crippen LogP contribution in [0.25, 0.3) is 0 Å². The molecule has 14 heavy (non-hydrogen) atoms. The molecule has 0 saturated heterocycles. The fraction of sp³-hybridized carbons (Fsp3) is 0.538. The highest BCUT2D eigenvalue weighted by Gasteiger charge is 2.58. The lowest BCUT2D eigenvalue weighted by Gasteiger charge is -2.66. The maximum atomic E-state index is 2.56. The first-order valence-corrected chi connectivity index (χ1v) is 5.54. The molecule has 3 fully saturated rings. The molecule has 0 aromatic heterocycles. The number of benzene rings is 1. The zero-order valence-corrected chi connectivity index (χ0v) is 8.74. The first-order valence-electron chi connectivity index (χ1n) is 5.54. The summed E-state index contributed by atoms with van der Waals surface area (Å²) < 4.78 is 0. The molecule has 1 aromatic rings. The van der Waals surface area contributed by atoms with E-state index in [4.69, 9.17) is 0 Å². The minimum atomic E-state index is 0.612. The molecule has 0 amide bonds. The number of rotatable bonds is 3. The molecule has 3 aliphatic carbocycles. The van der Waals surface area contributed by atoms with Crippen LogP contribution in [0.3, 0.4) is 0 Å². The monoisotopic (exact) mass is 187 g/mol. The lowest BCUT2D eigenvalue weighted by atomic mass is 9.49. The van der Waals surface area contributed by atoms with Crippen LogP contribution in [0.4, 0.5) is 0 Å². The van der Waals surface area contributed by atoms with Crippen molar-refractivity contribution in [3.63, 3.8) is 0 Å². The van der Waals surface area contributed by atoms with Gasteiger partial charge in [-0.1, -0.05) is 30.3 Å². The quantitative estimate of drug-likeness (QED) is 0.703. The SMILES string of the molecule is CN(Cc1ccccc1)C12CC(C1)C2. The van der Waals surface area contributed by atoms with Crippen molar-refractivity contribution in [3.8, 4) is 0 Å². The Morgan fingerprint density at radius 1 is 1.21 bits per heavy atom. The van der Waals surface area contributed by atoms with Crippen LogP contribution in [0.2, 0.25) is 0 Å². The Morgan fingerprint density at radius 2 is 1.86 bits per heavy atom. The van der Waals surface area contributed by atoms with E-state index in [1.54, 1.807) is 0 Å². The zero-order valence-electron chi connectivity index (χ0n) is 8.74. The molecule has 3 aliphatic rings. The van der Waals surface area contributed by atoms with E-state index in [1.807, 2.05) is 0 Å². The van der Waals surface area contributed by atoms with Crippen LogP contribution in [-0.2, 0) is 6.54 Å². The lowest BCUT2D eigenvalue weighted by Crippen LogP contribution is -2.66. The fourth-order valence-electron chi connectivity index (χ4n) is 2.93. The molecule has 0 unspecified atom stereocenters. The highest BCUT2D eigenvalue weighted by Crippen LogP contribution is 2.60. The predicted molar refractivity (Wildman–Crippen MR) is 58.0 cm³/mol. The van der Waals surface area contributed by atoms with E-state index >= 15 is 0 Å². The molecular weight excluding hydrogens is 170 g/mol. The van der Waals surface area contributed by atoms with Gasteiger partial charge < -0.3 is 0 Å². The molecular formula is C13H17N. The van der Waals surface area contributed by atoms with E-state index in [-0.39, 0.29) is 0 Å². The molecule has 0 spiro atoms. The van der Waals surface area contributed by atoms with Gasteiger partial charge in [0.15, 0.2) is 0 Å². The molecule has 0 heterocycles. The van der Waals surface area contributed by atoms with Crippen molar-refractivity contribution in [1.82, 2.24) is 4.90 Å². The van der Waals surface area contributed by atoms with Crippen LogP contribution in [-0.4, -0.2) is 17.5 Å². The number of nitrogens with zero attached hydrogens (tertiary/aromatic N) is 1. The summed E-state index contributed by atoms with van der Waals surface area (Å²) in [7, 11) is 2.28. The van der Waals surface area contributed by atoms with Gasteiger partial charge in [-0.15, -0.1) is 0 Å². The van der Waals surface area contributed by atoms with Crippen LogP contribution >= 0.6 is 0 Å². The lowest BCUT2D eigenvalue weighted by molar-refractivity contribution is -0.136. The van der Waals surface area contributed by atoms with Crippen LogP contribution in [0, 0.1) is 5.92 Å². The summed E-state index contributed by atoms with van der Waals surface area (Å²) >= 11 is 0. The molecule has 0 N–H and O–H groups in total. The molecule has 1 heteroatoms. The Morgan fingerprint density at radius 3 is 2.36 bits per heavy atom. The minimum absolute atomic E-state index is 0.612. The van der Waals surface area contributed by atoms with Gasteiger partial charge in [-0.25, -0.2) is 0 Å². The van der Waals surface area contributed by atoms with E-state index in [0.29, 0.717) is 5.54 Å². The second kappa shape index (κ2) is 2.83. The van der Waals surface area contributed by atoms with Crippen molar-refractivity contribution in [2.45, 2.75) is 31.3 Å². The molecule has 74 valence electrons. The van der Waals surface area contributed by atoms with E-state index in [9.17, 15) is 0 Å². The summed E-state index contributed by atoms with van der Waals surface area (Å²) in [6.07, 6.45) is 4.36. The van der Waals surface area contributed by atoms with Gasteiger partial charge in [-0.05, 0) is 37.8 Å². The topological polar surface area (TPSA) is 3.24 Å². The van der Waals surface area contributed by atoms with Gasteiger partial charge in [0.1, 0.15) is 0 Å². The first kappa shape index (κ1) is 8.49. The highest BCUT2D eigenvalue weighted by molar-refractivity contribution is 5.18. The van der Waals surface area contributed by atoms with Gasteiger partial charge in [0.25, 0.3) is 0 Å². The Balaban J connectivity index is 1.67. The van der Waals surface area contributed by atoms with Gasteiger partial charge in [0.05, 0.1) is 0 Å². The maximum absolute atomic E-state index is 2.56. The molecule has 1 nitrogen and oxygen atoms in total. The van der Waals surface area contributed by atoms with Crippen molar-refractivity contribution >= 4 is 0 Å². The Hall–Kier alpha value is -0.820. The summed E-state index contributed by atoms with van der Waals surface area (Å²) in [6.45, 7) is 1.12. The van der Waals surface area contributed by atoms with Gasteiger partial charge >= 0.3 is 0 Å². The van der Waals surface area contributed by atoms with Gasteiger partial charge in [-0.2, -0.15) is 0 Å². The van der Waals surface area contributed by atoms with E-state index in [2.05, 4.69) is 42.3 Å². The summed E-state index contributed by atoms with van der Waals surface area (Å²) in [5, 5.41) is 0. The highest BCUT2D eigenvalue weighted by atomic mass is 15.2. The van der Waals surface area contributed by atoms with Crippen LogP contribution in [0.1, 0.15) is 24.8 Å². The third-order valence-corrected chi connectivity index (χ3v) is 4.08. The first-order chi connectivity index (χ1) is 6.78. The molecule has 2 bridgehead atoms. The van der Waals surface area contributed by atoms with Gasteiger partial charge in [0.2, 0.25) is 0 Å². The Labute approximate surface area is 85.7 Å². The molecule has 0 radical (unpaired) electrons. The number of hydrogen-bond acceptors (Lipinski definition) is 1. The zero-order chi connectivity index (χ0) is 9.60. The molecule has 0 atom stereocenters. The molecule has 0 aliphatic heterocycles. The Bertz CT molecular complexity index is 313. The maximum Gasteiger partial charge on any atom is 0.0236 e. The average molecular weight is 187 g/mol. The summed E-state index contributed by atoms with van der Waals surface area (Å²) in [5.41, 5.74) is 2.06. The van der Waals surface area contributed by atoms with Crippen LogP contribution in [0.5, 0.6) is 0 Å². The van der Waals surface area contributed by atoms with E-state index in [0.717, 1.165) is 12.5 Å². The second-order valence-electron chi connectivity index (χ2n) is 5.04. The normalized spacial score (nSPS) is 33.7. The average Bonchev–Trinajstić information content (AvgIpc) is 1.99. The van der Waals surface area contributed by atoms with Crippen molar-refractivity contribution in [1.29, 1.82) is 0 Å². The predicted octanol–water partition coefficient (Wildman–Crippen LogP) is 2.67. The molecule has 4 rings (SSSR count). The summed E-state index contributed by atoms with van der Waals surface area (Å²) in [5.74, 6) is 1.08. The van der Waals surface area contributed by atoms with Crippen LogP contribution < -0.4 is 0 Å². The Kier molecular flexibility index (Phi) is 1.72. The van der Waals surface area contributed by atoms with Crippen molar-refractivity contribution in [3.05, 3.63) is 35.9 Å². The smallest absolute Gasteiger partial charge is 0.0236 e. The fourth-order valence-corrected chi connectivity index (χ4v) is 2.93. The van der Waals surface area contributed by atoms with E-state index < -0.39 is 0 Å². The van der Waals surface area contributed by atoms with Gasteiger partial charge in [-0.3, -0.25) is 4.90 Å². The molecule has 3 saturated carbocycles. The van der Waals surface area contributed by atoms with Crippen molar-refractivity contribution < 1.29 is 0 Å². The van der Waals surface area contributed by atoms with Crippen LogP contribution in [0.15, 0.2) is 30.3 Å². The second-order valence-corrected chi connectivity index (χ2v) is 5.04. The van der Waals surface area contributed by atoms with Gasteiger partial charge in [0, 0.05) is 12.1 Å². The van der Waals surface area contributed by atoms with Crippen molar-refractivity contribution in [2.24, 2.45) is 5.92 Å². The number of hydrogen-bond donors (Lipinski definition) is 0.